The molecule has 0 aliphatic heterocycles. The number of ether oxygens (including phenoxy) is 2. The standard InChI is InChI=1S/C15H17ClN2O4S2/c1-21-8-7-18(6-5-13(19)22-2)15(20)10-9-23-14(17-10)11-3-4-12(16)24-11/h3-4,9H,5-8H2,1-2H3. The molecule has 9 heteroatoms. The van der Waals surface area contributed by atoms with Crippen molar-refractivity contribution in [3.63, 3.8) is 0 Å². The molecule has 2 aromatic rings. The molecule has 0 radical (unpaired) electrons. The lowest BCUT2D eigenvalue weighted by molar-refractivity contribution is -0.140. The molecule has 130 valence electrons. The zero-order chi connectivity index (χ0) is 17.5. The van der Waals surface area contributed by atoms with E-state index in [-0.39, 0.29) is 24.8 Å². The van der Waals surface area contributed by atoms with Gasteiger partial charge in [-0.1, -0.05) is 11.6 Å². The maximum absolute atomic E-state index is 12.6. The summed E-state index contributed by atoms with van der Waals surface area (Å²) < 4.78 is 10.3. The van der Waals surface area contributed by atoms with E-state index < -0.39 is 0 Å². The number of halogens is 1. The van der Waals surface area contributed by atoms with Crippen LogP contribution in [-0.2, 0) is 14.3 Å². The van der Waals surface area contributed by atoms with Gasteiger partial charge >= 0.3 is 5.97 Å². The largest absolute Gasteiger partial charge is 0.469 e. The smallest absolute Gasteiger partial charge is 0.307 e. The number of thiophene rings is 1. The van der Waals surface area contributed by atoms with Gasteiger partial charge in [-0.3, -0.25) is 9.59 Å². The molecule has 0 atom stereocenters. The summed E-state index contributed by atoms with van der Waals surface area (Å²) in [5, 5.41) is 2.46. The van der Waals surface area contributed by atoms with Crippen molar-refractivity contribution in [1.29, 1.82) is 0 Å². The monoisotopic (exact) mass is 388 g/mol. The van der Waals surface area contributed by atoms with Gasteiger partial charge in [0.2, 0.25) is 0 Å². The Morgan fingerprint density at radius 2 is 2.08 bits per heavy atom. The van der Waals surface area contributed by atoms with E-state index in [1.807, 2.05) is 6.07 Å². The van der Waals surface area contributed by atoms with Crippen molar-refractivity contribution in [3.05, 3.63) is 27.5 Å². The topological polar surface area (TPSA) is 68.7 Å². The van der Waals surface area contributed by atoms with Gasteiger partial charge in [0.05, 0.1) is 29.4 Å². The van der Waals surface area contributed by atoms with Crippen molar-refractivity contribution < 1.29 is 19.1 Å². The summed E-state index contributed by atoms with van der Waals surface area (Å²) in [5.74, 6) is -0.599. The van der Waals surface area contributed by atoms with Crippen LogP contribution in [0.15, 0.2) is 17.5 Å². The molecule has 2 aromatic heterocycles. The highest BCUT2D eigenvalue weighted by atomic mass is 35.5. The van der Waals surface area contributed by atoms with Crippen molar-refractivity contribution >= 4 is 46.2 Å². The minimum atomic E-state index is -0.364. The number of carbonyl (C=O) groups is 2. The Bertz CT molecular complexity index is 701. The van der Waals surface area contributed by atoms with E-state index >= 15 is 0 Å². The number of aromatic nitrogens is 1. The van der Waals surface area contributed by atoms with Crippen LogP contribution in [0.4, 0.5) is 0 Å². The molecule has 0 aliphatic carbocycles. The van der Waals surface area contributed by atoms with Crippen LogP contribution in [0.25, 0.3) is 9.88 Å². The second-order valence-electron chi connectivity index (χ2n) is 4.75. The first-order valence-electron chi connectivity index (χ1n) is 7.11. The van der Waals surface area contributed by atoms with E-state index in [0.29, 0.717) is 23.2 Å². The number of thiazole rings is 1. The SMILES string of the molecule is COCCN(CCC(=O)OC)C(=O)c1csc(-c2ccc(Cl)s2)n1. The Balaban J connectivity index is 2.10. The first kappa shape index (κ1) is 18.9. The molecule has 0 bridgehead atoms. The number of carbonyl (C=O) groups excluding carboxylic acids is 2. The van der Waals surface area contributed by atoms with E-state index in [4.69, 9.17) is 16.3 Å². The van der Waals surface area contributed by atoms with Gasteiger partial charge in [0, 0.05) is 25.6 Å². The first-order chi connectivity index (χ1) is 11.5. The Labute approximate surface area is 153 Å². The number of methoxy groups -OCH3 is 2. The second kappa shape index (κ2) is 9.12. The fourth-order valence-corrected chi connectivity index (χ4v) is 3.83. The molecule has 2 rings (SSSR count). The minimum Gasteiger partial charge on any atom is -0.469 e. The van der Waals surface area contributed by atoms with E-state index in [9.17, 15) is 9.59 Å². The minimum absolute atomic E-state index is 0.128. The van der Waals surface area contributed by atoms with Crippen LogP contribution in [0.1, 0.15) is 16.9 Å². The summed E-state index contributed by atoms with van der Waals surface area (Å²) in [6, 6.07) is 3.67. The van der Waals surface area contributed by atoms with Crippen LogP contribution in [0, 0.1) is 0 Å². The Morgan fingerprint density at radius 1 is 1.29 bits per heavy atom. The Hall–Kier alpha value is -1.48. The summed E-state index contributed by atoms with van der Waals surface area (Å²) in [7, 11) is 2.88. The van der Waals surface area contributed by atoms with Crippen LogP contribution >= 0.6 is 34.3 Å². The summed E-state index contributed by atoms with van der Waals surface area (Å²) in [6.45, 7) is 1.01. The molecule has 6 nitrogen and oxygen atoms in total. The maximum Gasteiger partial charge on any atom is 0.307 e. The lowest BCUT2D eigenvalue weighted by atomic mass is 10.3. The first-order valence-corrected chi connectivity index (χ1v) is 9.18. The average Bonchev–Trinajstić information content (AvgIpc) is 3.22. The number of hydrogen-bond acceptors (Lipinski definition) is 7. The third-order valence-corrected chi connectivity index (χ3v) is 5.42. The predicted octanol–water partition coefficient (Wildman–Crippen LogP) is 3.18. The van der Waals surface area contributed by atoms with Crippen molar-refractivity contribution in [2.24, 2.45) is 0 Å². The lowest BCUT2D eigenvalue weighted by Gasteiger charge is -2.20. The third kappa shape index (κ3) is 5.01. The molecule has 2 heterocycles. The summed E-state index contributed by atoms with van der Waals surface area (Å²) in [5.41, 5.74) is 0.348. The molecule has 1 amide bonds. The van der Waals surface area contributed by atoms with Gasteiger partial charge in [-0.05, 0) is 12.1 Å². The fourth-order valence-electron chi connectivity index (χ4n) is 1.92. The molecular formula is C15H17ClN2O4S2. The Kier molecular flexibility index (Phi) is 7.16. The number of hydrogen-bond donors (Lipinski definition) is 0. The van der Waals surface area contributed by atoms with Gasteiger partial charge in [0.1, 0.15) is 10.7 Å². The molecule has 0 N–H and O–H groups in total. The number of rotatable bonds is 8. The van der Waals surface area contributed by atoms with Crippen molar-refractivity contribution in [1.82, 2.24) is 9.88 Å². The van der Waals surface area contributed by atoms with Gasteiger partial charge in [-0.15, -0.1) is 22.7 Å². The quantitative estimate of drug-likeness (QED) is 0.649. The van der Waals surface area contributed by atoms with Crippen LogP contribution in [0.2, 0.25) is 4.34 Å². The van der Waals surface area contributed by atoms with E-state index in [2.05, 4.69) is 9.72 Å². The van der Waals surface area contributed by atoms with Crippen molar-refractivity contribution in [2.75, 3.05) is 33.9 Å². The summed E-state index contributed by atoms with van der Waals surface area (Å²) in [6.07, 6.45) is 0.128. The summed E-state index contributed by atoms with van der Waals surface area (Å²) >= 11 is 8.73. The van der Waals surface area contributed by atoms with Gasteiger partial charge in [0.25, 0.3) is 5.91 Å². The number of amides is 1. The predicted molar refractivity (Wildman–Crippen MR) is 94.8 cm³/mol. The third-order valence-electron chi connectivity index (χ3n) is 3.17. The van der Waals surface area contributed by atoms with Gasteiger partial charge in [-0.2, -0.15) is 0 Å². The van der Waals surface area contributed by atoms with Crippen molar-refractivity contribution in [2.45, 2.75) is 6.42 Å². The van der Waals surface area contributed by atoms with E-state index in [1.165, 1.54) is 29.8 Å². The molecule has 0 unspecified atom stereocenters. The maximum atomic E-state index is 12.6. The summed E-state index contributed by atoms with van der Waals surface area (Å²) in [4.78, 5) is 30.8. The molecule has 24 heavy (non-hydrogen) atoms. The van der Waals surface area contributed by atoms with Crippen LogP contribution in [0.3, 0.4) is 0 Å². The van der Waals surface area contributed by atoms with Gasteiger partial charge < -0.3 is 14.4 Å². The van der Waals surface area contributed by atoms with Gasteiger partial charge in [-0.25, -0.2) is 4.98 Å². The van der Waals surface area contributed by atoms with Crippen LogP contribution < -0.4 is 0 Å². The molecule has 0 fully saturated rings. The van der Waals surface area contributed by atoms with Gasteiger partial charge in [0.15, 0.2) is 0 Å². The highest BCUT2D eigenvalue weighted by Crippen LogP contribution is 2.33. The number of esters is 1. The normalized spacial score (nSPS) is 10.6. The zero-order valence-electron chi connectivity index (χ0n) is 13.3. The molecule has 0 aliphatic rings. The Morgan fingerprint density at radius 3 is 2.71 bits per heavy atom. The molecule has 0 spiro atoms. The lowest BCUT2D eigenvalue weighted by Crippen LogP contribution is -2.36. The zero-order valence-corrected chi connectivity index (χ0v) is 15.7. The van der Waals surface area contributed by atoms with Crippen LogP contribution in [-0.4, -0.2) is 55.7 Å². The number of nitrogens with zero attached hydrogens (tertiary/aromatic N) is 2. The molecular weight excluding hydrogens is 372 g/mol. The molecule has 0 aromatic carbocycles. The van der Waals surface area contributed by atoms with Crippen molar-refractivity contribution in [3.8, 4) is 9.88 Å². The highest BCUT2D eigenvalue weighted by molar-refractivity contribution is 7.23. The molecule has 0 saturated carbocycles. The van der Waals surface area contributed by atoms with E-state index in [0.717, 1.165) is 9.88 Å². The highest BCUT2D eigenvalue weighted by Gasteiger charge is 2.20. The fraction of sp³-hybridized carbons (Fsp3) is 0.400. The molecule has 0 saturated heterocycles. The average molecular weight is 389 g/mol. The van der Waals surface area contributed by atoms with E-state index in [1.54, 1.807) is 23.5 Å². The second-order valence-corrected chi connectivity index (χ2v) is 7.33. The van der Waals surface area contributed by atoms with Crippen LogP contribution in [0.5, 0.6) is 0 Å².